The molecule has 0 unspecified atom stereocenters. The second-order valence-corrected chi connectivity index (χ2v) is 4.49. The topological polar surface area (TPSA) is 39.4 Å². The minimum atomic E-state index is -0.755. The van der Waals surface area contributed by atoms with Crippen molar-refractivity contribution in [2.45, 2.75) is 26.2 Å². The summed E-state index contributed by atoms with van der Waals surface area (Å²) in [6.45, 7) is 5.79. The van der Waals surface area contributed by atoms with E-state index in [-0.39, 0.29) is 5.97 Å². The standard InChI is InChI=1S/C14H16O3/c1-4-16-13(15)14(2,3)12-9-10-7-5-6-8-11(10)17-12/h5-9H,4H2,1-3H3. The van der Waals surface area contributed by atoms with Crippen molar-refractivity contribution in [2.75, 3.05) is 6.61 Å². The number of benzene rings is 1. The molecule has 3 nitrogen and oxygen atoms in total. The molecule has 0 radical (unpaired) electrons. The zero-order valence-electron chi connectivity index (χ0n) is 10.3. The molecule has 1 aromatic heterocycles. The Morgan fingerprint density at radius 1 is 1.35 bits per heavy atom. The molecule has 17 heavy (non-hydrogen) atoms. The van der Waals surface area contributed by atoms with E-state index in [1.54, 1.807) is 6.92 Å². The normalized spacial score (nSPS) is 11.7. The molecule has 0 N–H and O–H groups in total. The Kier molecular flexibility index (Phi) is 2.92. The number of ether oxygens (including phenoxy) is 1. The Morgan fingerprint density at radius 3 is 2.71 bits per heavy atom. The molecule has 0 fully saturated rings. The number of carbonyl (C=O) groups is 1. The lowest BCUT2D eigenvalue weighted by Crippen LogP contribution is -2.30. The first kappa shape index (κ1) is 11.7. The van der Waals surface area contributed by atoms with Gasteiger partial charge in [-0.2, -0.15) is 0 Å². The fourth-order valence-electron chi connectivity index (χ4n) is 1.70. The molecule has 0 aliphatic heterocycles. The number of para-hydroxylation sites is 1. The number of esters is 1. The van der Waals surface area contributed by atoms with Gasteiger partial charge in [0.25, 0.3) is 0 Å². The van der Waals surface area contributed by atoms with Crippen molar-refractivity contribution in [3.63, 3.8) is 0 Å². The van der Waals surface area contributed by atoms with Gasteiger partial charge in [-0.3, -0.25) is 4.79 Å². The van der Waals surface area contributed by atoms with Gasteiger partial charge in [-0.05, 0) is 32.9 Å². The summed E-state index contributed by atoms with van der Waals surface area (Å²) in [5.74, 6) is 0.371. The molecule has 2 rings (SSSR count). The van der Waals surface area contributed by atoms with Crippen molar-refractivity contribution in [3.05, 3.63) is 36.1 Å². The van der Waals surface area contributed by atoms with Crippen LogP contribution in [0.4, 0.5) is 0 Å². The van der Waals surface area contributed by atoms with Gasteiger partial charge < -0.3 is 9.15 Å². The van der Waals surface area contributed by atoms with Gasteiger partial charge in [0.1, 0.15) is 16.8 Å². The highest BCUT2D eigenvalue weighted by Gasteiger charge is 2.34. The van der Waals surface area contributed by atoms with Gasteiger partial charge in [0.05, 0.1) is 6.61 Å². The summed E-state index contributed by atoms with van der Waals surface area (Å²) in [6, 6.07) is 9.60. The van der Waals surface area contributed by atoms with E-state index >= 15 is 0 Å². The molecular weight excluding hydrogens is 216 g/mol. The van der Waals surface area contributed by atoms with Gasteiger partial charge in [-0.15, -0.1) is 0 Å². The minimum absolute atomic E-state index is 0.265. The molecule has 0 atom stereocenters. The number of furan rings is 1. The van der Waals surface area contributed by atoms with Gasteiger partial charge in [0.2, 0.25) is 0 Å². The minimum Gasteiger partial charge on any atom is -0.465 e. The van der Waals surface area contributed by atoms with E-state index in [1.807, 2.05) is 44.2 Å². The third-order valence-electron chi connectivity index (χ3n) is 2.83. The smallest absolute Gasteiger partial charge is 0.319 e. The van der Waals surface area contributed by atoms with Crippen LogP contribution in [0.15, 0.2) is 34.7 Å². The van der Waals surface area contributed by atoms with E-state index in [0.717, 1.165) is 11.0 Å². The quantitative estimate of drug-likeness (QED) is 0.762. The monoisotopic (exact) mass is 232 g/mol. The van der Waals surface area contributed by atoms with Crippen LogP contribution in [0.1, 0.15) is 26.5 Å². The van der Waals surface area contributed by atoms with Crippen molar-refractivity contribution < 1.29 is 13.9 Å². The number of hydrogen-bond donors (Lipinski definition) is 0. The van der Waals surface area contributed by atoms with Crippen molar-refractivity contribution in [1.29, 1.82) is 0 Å². The van der Waals surface area contributed by atoms with Crippen molar-refractivity contribution in [3.8, 4) is 0 Å². The maximum absolute atomic E-state index is 11.9. The molecule has 3 heteroatoms. The largest absolute Gasteiger partial charge is 0.465 e. The van der Waals surface area contributed by atoms with Crippen LogP contribution in [0.5, 0.6) is 0 Å². The van der Waals surface area contributed by atoms with E-state index in [4.69, 9.17) is 9.15 Å². The van der Waals surface area contributed by atoms with E-state index in [0.29, 0.717) is 12.4 Å². The fourth-order valence-corrected chi connectivity index (χ4v) is 1.70. The van der Waals surface area contributed by atoms with Gasteiger partial charge >= 0.3 is 5.97 Å². The Hall–Kier alpha value is -1.77. The van der Waals surface area contributed by atoms with Gasteiger partial charge in [-0.1, -0.05) is 18.2 Å². The van der Waals surface area contributed by atoms with Crippen LogP contribution in [0, 0.1) is 0 Å². The predicted molar refractivity (Wildman–Crippen MR) is 65.9 cm³/mol. The molecule has 0 spiro atoms. The summed E-state index contributed by atoms with van der Waals surface area (Å²) in [7, 11) is 0. The van der Waals surface area contributed by atoms with Crippen LogP contribution in [-0.4, -0.2) is 12.6 Å². The van der Waals surface area contributed by atoms with Gasteiger partial charge in [-0.25, -0.2) is 0 Å². The van der Waals surface area contributed by atoms with Crippen molar-refractivity contribution in [2.24, 2.45) is 0 Å². The summed E-state index contributed by atoms with van der Waals surface area (Å²) < 4.78 is 10.8. The van der Waals surface area contributed by atoms with E-state index in [1.165, 1.54) is 0 Å². The number of rotatable bonds is 3. The predicted octanol–water partition coefficient (Wildman–Crippen LogP) is 3.27. The summed E-state index contributed by atoms with van der Waals surface area (Å²) in [4.78, 5) is 11.9. The summed E-state index contributed by atoms with van der Waals surface area (Å²) >= 11 is 0. The summed E-state index contributed by atoms with van der Waals surface area (Å²) in [6.07, 6.45) is 0. The number of hydrogen-bond acceptors (Lipinski definition) is 3. The first-order valence-corrected chi connectivity index (χ1v) is 5.72. The van der Waals surface area contributed by atoms with E-state index in [9.17, 15) is 4.79 Å². The molecule has 90 valence electrons. The SMILES string of the molecule is CCOC(=O)C(C)(C)c1cc2ccccc2o1. The Morgan fingerprint density at radius 2 is 2.06 bits per heavy atom. The van der Waals surface area contributed by atoms with Crippen molar-refractivity contribution >= 4 is 16.9 Å². The molecule has 1 heterocycles. The average molecular weight is 232 g/mol. The van der Waals surface area contributed by atoms with Gasteiger partial charge in [0, 0.05) is 5.39 Å². The summed E-state index contributed by atoms with van der Waals surface area (Å²) in [5.41, 5.74) is 0.0366. The molecule has 0 aliphatic rings. The van der Waals surface area contributed by atoms with Crippen LogP contribution >= 0.6 is 0 Å². The Labute approximate surface area is 100 Å². The molecule has 0 bridgehead atoms. The molecule has 0 aliphatic carbocycles. The third-order valence-corrected chi connectivity index (χ3v) is 2.83. The van der Waals surface area contributed by atoms with Crippen LogP contribution in [-0.2, 0) is 14.9 Å². The Balaban J connectivity index is 2.41. The Bertz CT molecular complexity index is 504. The lowest BCUT2D eigenvalue weighted by molar-refractivity contribution is -0.149. The first-order valence-electron chi connectivity index (χ1n) is 5.72. The van der Waals surface area contributed by atoms with E-state index < -0.39 is 5.41 Å². The molecule has 2 aromatic rings. The van der Waals surface area contributed by atoms with Crippen LogP contribution in [0.25, 0.3) is 11.0 Å². The zero-order chi connectivity index (χ0) is 12.5. The second kappa shape index (κ2) is 4.24. The number of carbonyl (C=O) groups excluding carboxylic acids is 1. The van der Waals surface area contributed by atoms with Crippen LogP contribution < -0.4 is 0 Å². The fraction of sp³-hybridized carbons (Fsp3) is 0.357. The highest BCUT2D eigenvalue weighted by molar-refractivity contribution is 5.85. The summed E-state index contributed by atoms with van der Waals surface area (Å²) in [5, 5.41) is 1.000. The van der Waals surface area contributed by atoms with Crippen LogP contribution in [0.2, 0.25) is 0 Å². The van der Waals surface area contributed by atoms with Gasteiger partial charge in [0.15, 0.2) is 0 Å². The zero-order valence-corrected chi connectivity index (χ0v) is 10.3. The lowest BCUT2D eigenvalue weighted by Gasteiger charge is -2.19. The second-order valence-electron chi connectivity index (χ2n) is 4.49. The maximum Gasteiger partial charge on any atom is 0.319 e. The highest BCUT2D eigenvalue weighted by Crippen LogP contribution is 2.30. The molecule has 0 amide bonds. The molecule has 1 aromatic carbocycles. The lowest BCUT2D eigenvalue weighted by atomic mass is 9.90. The maximum atomic E-state index is 11.9. The van der Waals surface area contributed by atoms with Crippen LogP contribution in [0.3, 0.4) is 0 Å². The third kappa shape index (κ3) is 2.05. The first-order chi connectivity index (χ1) is 8.05. The molecule has 0 saturated carbocycles. The highest BCUT2D eigenvalue weighted by atomic mass is 16.5. The molecular formula is C14H16O3. The van der Waals surface area contributed by atoms with Crippen molar-refractivity contribution in [1.82, 2.24) is 0 Å². The van der Waals surface area contributed by atoms with E-state index in [2.05, 4.69) is 0 Å². The average Bonchev–Trinajstić information content (AvgIpc) is 2.73. The molecule has 0 saturated heterocycles. The number of fused-ring (bicyclic) bond motifs is 1.